The monoisotopic (exact) mass is 374 g/mol. The van der Waals surface area contributed by atoms with Crippen molar-refractivity contribution in [1.82, 2.24) is 10.6 Å². The molecule has 150 valence electrons. The molecule has 2 N–H and O–H groups in total. The maximum absolute atomic E-state index is 12.1. The Balaban J connectivity index is 2.64. The summed E-state index contributed by atoms with van der Waals surface area (Å²) >= 11 is 0. The standard InChI is InChI=1S/C22H34N2O3/c1-8-10-12-23-20(25)18-14-17(18)15(3)13-16(4)19(11-9-2)24-21(26)27-22(5,6)7/h8-9,13,17-19H,1-2,4,10-12,14H2,3,5-7H3,(H,23,25)(H,24,26)/b15-13+/t17-,18-,19+/m1/s1. The van der Waals surface area contributed by atoms with Gasteiger partial charge >= 0.3 is 6.09 Å². The molecule has 1 fully saturated rings. The first kappa shape index (κ1) is 22.7. The Morgan fingerprint density at radius 3 is 2.44 bits per heavy atom. The lowest BCUT2D eigenvalue weighted by molar-refractivity contribution is -0.122. The Bertz CT molecular complexity index is 614. The van der Waals surface area contributed by atoms with Crippen LogP contribution >= 0.6 is 0 Å². The quantitative estimate of drug-likeness (QED) is 0.341. The number of hydrogen-bond donors (Lipinski definition) is 2. The topological polar surface area (TPSA) is 67.4 Å². The number of amides is 2. The molecule has 5 nitrogen and oxygen atoms in total. The van der Waals surface area contributed by atoms with Gasteiger partial charge in [-0.1, -0.05) is 30.4 Å². The van der Waals surface area contributed by atoms with Gasteiger partial charge in [0.25, 0.3) is 0 Å². The van der Waals surface area contributed by atoms with Gasteiger partial charge in [-0.2, -0.15) is 0 Å². The van der Waals surface area contributed by atoms with E-state index in [0.29, 0.717) is 13.0 Å². The number of carbonyl (C=O) groups excluding carboxylic acids is 2. The lowest BCUT2D eigenvalue weighted by Crippen LogP contribution is -2.39. The van der Waals surface area contributed by atoms with Crippen LogP contribution < -0.4 is 10.6 Å². The van der Waals surface area contributed by atoms with Gasteiger partial charge < -0.3 is 15.4 Å². The van der Waals surface area contributed by atoms with Crippen LogP contribution in [0.25, 0.3) is 0 Å². The predicted octanol–water partition coefficient (Wildman–Crippen LogP) is 4.29. The Morgan fingerprint density at radius 2 is 1.89 bits per heavy atom. The minimum absolute atomic E-state index is 0.0236. The smallest absolute Gasteiger partial charge is 0.408 e. The second-order valence-electron chi connectivity index (χ2n) is 8.00. The number of hydrogen-bond acceptors (Lipinski definition) is 3. The van der Waals surface area contributed by atoms with Crippen LogP contribution in [0.4, 0.5) is 4.79 Å². The minimum atomic E-state index is -0.559. The van der Waals surface area contributed by atoms with E-state index < -0.39 is 11.7 Å². The van der Waals surface area contributed by atoms with Crippen LogP contribution in [0.1, 0.15) is 47.0 Å². The van der Waals surface area contributed by atoms with Crippen LogP contribution in [0.5, 0.6) is 0 Å². The Hall–Kier alpha value is -2.30. The summed E-state index contributed by atoms with van der Waals surface area (Å²) in [5, 5.41) is 5.77. The highest BCUT2D eigenvalue weighted by Crippen LogP contribution is 2.44. The molecule has 0 aromatic heterocycles. The van der Waals surface area contributed by atoms with E-state index in [1.54, 1.807) is 12.2 Å². The first-order valence-corrected chi connectivity index (χ1v) is 9.45. The molecule has 0 saturated heterocycles. The molecule has 0 aromatic rings. The Morgan fingerprint density at radius 1 is 1.22 bits per heavy atom. The van der Waals surface area contributed by atoms with Gasteiger partial charge in [-0.15, -0.1) is 13.2 Å². The summed E-state index contributed by atoms with van der Waals surface area (Å²) in [5.41, 5.74) is 1.32. The second kappa shape index (κ2) is 10.1. The highest BCUT2D eigenvalue weighted by molar-refractivity contribution is 5.82. The fourth-order valence-electron chi connectivity index (χ4n) is 2.84. The number of carbonyl (C=O) groups is 2. The van der Waals surface area contributed by atoms with Crippen LogP contribution in [0.2, 0.25) is 0 Å². The summed E-state index contributed by atoms with van der Waals surface area (Å²) in [6.07, 6.45) is 7.19. The molecular formula is C22H34N2O3. The molecule has 1 saturated carbocycles. The van der Waals surface area contributed by atoms with E-state index in [1.165, 1.54) is 0 Å². The van der Waals surface area contributed by atoms with Crippen LogP contribution in [-0.2, 0) is 9.53 Å². The number of nitrogens with one attached hydrogen (secondary N) is 2. The van der Waals surface area contributed by atoms with Gasteiger partial charge in [0.2, 0.25) is 5.91 Å². The number of alkyl carbamates (subject to hydrolysis) is 1. The van der Waals surface area contributed by atoms with E-state index in [0.717, 1.165) is 24.0 Å². The van der Waals surface area contributed by atoms with Crippen molar-refractivity contribution in [3.05, 3.63) is 49.1 Å². The lowest BCUT2D eigenvalue weighted by Gasteiger charge is -2.23. The fraction of sp³-hybridized carbons (Fsp3) is 0.545. The molecule has 0 aromatic carbocycles. The Kier molecular flexibility index (Phi) is 8.54. The van der Waals surface area contributed by atoms with Crippen molar-refractivity contribution in [1.29, 1.82) is 0 Å². The summed E-state index contributed by atoms with van der Waals surface area (Å²) in [6, 6.07) is -0.286. The molecule has 3 atom stereocenters. The zero-order valence-electron chi connectivity index (χ0n) is 17.1. The van der Waals surface area contributed by atoms with Crippen LogP contribution in [0.15, 0.2) is 49.1 Å². The molecule has 0 heterocycles. The molecule has 2 amide bonds. The molecule has 0 spiro atoms. The minimum Gasteiger partial charge on any atom is -0.444 e. The zero-order chi connectivity index (χ0) is 20.6. The van der Waals surface area contributed by atoms with Gasteiger partial charge in [0, 0.05) is 12.5 Å². The van der Waals surface area contributed by atoms with E-state index in [2.05, 4.69) is 30.4 Å². The molecular weight excluding hydrogens is 340 g/mol. The van der Waals surface area contributed by atoms with Gasteiger partial charge in [0.05, 0.1) is 6.04 Å². The first-order chi connectivity index (χ1) is 12.6. The van der Waals surface area contributed by atoms with Gasteiger partial charge in [-0.05, 0) is 58.4 Å². The molecule has 0 bridgehead atoms. The van der Waals surface area contributed by atoms with E-state index in [4.69, 9.17) is 4.74 Å². The van der Waals surface area contributed by atoms with Crippen molar-refractivity contribution in [2.45, 2.75) is 58.6 Å². The molecule has 0 radical (unpaired) electrons. The normalized spacial score (nSPS) is 20.2. The van der Waals surface area contributed by atoms with Gasteiger partial charge in [-0.25, -0.2) is 4.79 Å². The van der Waals surface area contributed by atoms with Crippen molar-refractivity contribution >= 4 is 12.0 Å². The fourth-order valence-corrected chi connectivity index (χ4v) is 2.84. The molecule has 5 heteroatoms. The average molecular weight is 375 g/mol. The summed E-state index contributed by atoms with van der Waals surface area (Å²) < 4.78 is 5.32. The molecule has 0 unspecified atom stereocenters. The SMILES string of the molecule is C=CCCNC(=O)[C@@H]1C[C@@H]1/C(C)=C/C(=C)[C@H](CC=C)NC(=O)OC(C)(C)C. The van der Waals surface area contributed by atoms with Crippen LogP contribution in [0.3, 0.4) is 0 Å². The summed E-state index contributed by atoms with van der Waals surface area (Å²) in [7, 11) is 0. The van der Waals surface area contributed by atoms with E-state index >= 15 is 0 Å². The zero-order valence-corrected chi connectivity index (χ0v) is 17.1. The third-order valence-electron chi connectivity index (χ3n) is 4.31. The molecule has 1 rings (SSSR count). The van der Waals surface area contributed by atoms with Crippen molar-refractivity contribution in [2.24, 2.45) is 11.8 Å². The van der Waals surface area contributed by atoms with E-state index in [1.807, 2.05) is 33.8 Å². The average Bonchev–Trinajstić information content (AvgIpc) is 3.33. The molecule has 1 aliphatic rings. The highest BCUT2D eigenvalue weighted by Gasteiger charge is 2.43. The highest BCUT2D eigenvalue weighted by atomic mass is 16.6. The van der Waals surface area contributed by atoms with Crippen LogP contribution in [-0.4, -0.2) is 30.2 Å². The lowest BCUT2D eigenvalue weighted by atomic mass is 10.0. The van der Waals surface area contributed by atoms with E-state index in [9.17, 15) is 9.59 Å². The van der Waals surface area contributed by atoms with E-state index in [-0.39, 0.29) is 23.8 Å². The van der Waals surface area contributed by atoms with Crippen molar-refractivity contribution in [2.75, 3.05) is 6.54 Å². The van der Waals surface area contributed by atoms with Crippen molar-refractivity contribution < 1.29 is 14.3 Å². The van der Waals surface area contributed by atoms with Gasteiger partial charge in [-0.3, -0.25) is 4.79 Å². The maximum atomic E-state index is 12.1. The molecule has 1 aliphatic carbocycles. The maximum Gasteiger partial charge on any atom is 0.408 e. The predicted molar refractivity (Wildman–Crippen MR) is 110 cm³/mol. The number of ether oxygens (including phenoxy) is 1. The molecule has 27 heavy (non-hydrogen) atoms. The molecule has 0 aliphatic heterocycles. The second-order valence-corrected chi connectivity index (χ2v) is 8.00. The number of allylic oxidation sites excluding steroid dienone is 1. The van der Waals surface area contributed by atoms with Crippen LogP contribution in [0, 0.1) is 11.8 Å². The van der Waals surface area contributed by atoms with Crippen molar-refractivity contribution in [3.8, 4) is 0 Å². The number of rotatable bonds is 10. The van der Waals surface area contributed by atoms with Gasteiger partial charge in [0.15, 0.2) is 0 Å². The summed E-state index contributed by atoms with van der Waals surface area (Å²) in [6.45, 7) is 19.6. The summed E-state index contributed by atoms with van der Waals surface area (Å²) in [4.78, 5) is 24.2. The van der Waals surface area contributed by atoms with Gasteiger partial charge in [0.1, 0.15) is 5.60 Å². The Labute approximate surface area is 163 Å². The third kappa shape index (κ3) is 8.29. The third-order valence-corrected chi connectivity index (χ3v) is 4.31. The first-order valence-electron chi connectivity index (χ1n) is 9.45. The summed E-state index contributed by atoms with van der Waals surface area (Å²) in [5.74, 6) is 0.349. The largest absolute Gasteiger partial charge is 0.444 e. The van der Waals surface area contributed by atoms with Crippen molar-refractivity contribution in [3.63, 3.8) is 0 Å².